The molecule has 0 saturated carbocycles. The predicted molar refractivity (Wildman–Crippen MR) is 113 cm³/mol. The molecule has 27 heavy (non-hydrogen) atoms. The number of amides is 1. The van der Waals surface area contributed by atoms with E-state index in [4.69, 9.17) is 4.74 Å². The molecule has 0 aromatic heterocycles. The summed E-state index contributed by atoms with van der Waals surface area (Å²) >= 11 is 3.50. The summed E-state index contributed by atoms with van der Waals surface area (Å²) in [6.45, 7) is 11.0. The van der Waals surface area contributed by atoms with Crippen LogP contribution in [0.5, 0.6) is 0 Å². The van der Waals surface area contributed by atoms with Gasteiger partial charge in [0.1, 0.15) is 5.60 Å². The van der Waals surface area contributed by atoms with Gasteiger partial charge in [-0.05, 0) is 89.1 Å². The molecular formula is C22H33BrN2O2. The number of hydrogen-bond donors (Lipinski definition) is 0. The van der Waals surface area contributed by atoms with Crippen LogP contribution in [0.2, 0.25) is 0 Å². The molecule has 1 aromatic rings. The van der Waals surface area contributed by atoms with Crippen molar-refractivity contribution in [2.45, 2.75) is 58.5 Å². The van der Waals surface area contributed by atoms with E-state index in [0.717, 1.165) is 43.4 Å². The Balaban J connectivity index is 1.41. The number of rotatable bonds is 3. The average Bonchev–Trinajstić information content (AvgIpc) is 2.62. The lowest BCUT2D eigenvalue weighted by molar-refractivity contribution is -0.00226. The van der Waals surface area contributed by atoms with E-state index in [0.29, 0.717) is 5.41 Å². The van der Waals surface area contributed by atoms with Gasteiger partial charge < -0.3 is 14.5 Å². The van der Waals surface area contributed by atoms with E-state index in [1.54, 1.807) is 0 Å². The first-order chi connectivity index (χ1) is 12.7. The number of likely N-dealkylation sites (tertiary alicyclic amines) is 2. The van der Waals surface area contributed by atoms with Gasteiger partial charge in [-0.25, -0.2) is 4.79 Å². The van der Waals surface area contributed by atoms with Crippen molar-refractivity contribution in [1.82, 2.24) is 9.80 Å². The van der Waals surface area contributed by atoms with Crippen LogP contribution in [0.4, 0.5) is 4.79 Å². The van der Waals surface area contributed by atoms with Gasteiger partial charge in [-0.15, -0.1) is 0 Å². The van der Waals surface area contributed by atoms with Gasteiger partial charge in [-0.3, -0.25) is 0 Å². The second-order valence-electron chi connectivity index (χ2n) is 9.19. The van der Waals surface area contributed by atoms with Gasteiger partial charge in [0.05, 0.1) is 0 Å². The largest absolute Gasteiger partial charge is 0.444 e. The van der Waals surface area contributed by atoms with Crippen molar-refractivity contribution in [3.63, 3.8) is 0 Å². The van der Waals surface area contributed by atoms with Crippen molar-refractivity contribution in [3.05, 3.63) is 34.3 Å². The van der Waals surface area contributed by atoms with Crippen LogP contribution in [-0.4, -0.2) is 54.2 Å². The summed E-state index contributed by atoms with van der Waals surface area (Å²) in [6.07, 6.45) is 5.72. The minimum absolute atomic E-state index is 0.149. The normalized spacial score (nSPS) is 20.7. The lowest BCUT2D eigenvalue weighted by Crippen LogP contribution is -2.49. The topological polar surface area (TPSA) is 32.8 Å². The Labute approximate surface area is 172 Å². The molecule has 1 amide bonds. The highest BCUT2D eigenvalue weighted by Gasteiger charge is 2.39. The van der Waals surface area contributed by atoms with E-state index in [1.807, 2.05) is 25.7 Å². The van der Waals surface area contributed by atoms with Gasteiger partial charge in [0.2, 0.25) is 0 Å². The smallest absolute Gasteiger partial charge is 0.410 e. The Morgan fingerprint density at radius 3 is 2.15 bits per heavy atom. The van der Waals surface area contributed by atoms with Gasteiger partial charge in [0.25, 0.3) is 0 Å². The fourth-order valence-electron chi connectivity index (χ4n) is 4.18. The molecule has 0 bridgehead atoms. The number of halogens is 1. The van der Waals surface area contributed by atoms with E-state index in [1.165, 1.54) is 31.5 Å². The number of hydrogen-bond acceptors (Lipinski definition) is 3. The average molecular weight is 437 g/mol. The van der Waals surface area contributed by atoms with Crippen LogP contribution in [0, 0.1) is 5.41 Å². The first kappa shape index (κ1) is 20.7. The van der Waals surface area contributed by atoms with Crippen LogP contribution in [0.3, 0.4) is 0 Å². The minimum Gasteiger partial charge on any atom is -0.444 e. The number of ether oxygens (including phenoxy) is 1. The van der Waals surface area contributed by atoms with Crippen molar-refractivity contribution in [2.24, 2.45) is 5.41 Å². The molecule has 3 rings (SSSR count). The molecule has 2 heterocycles. The lowest BCUT2D eigenvalue weighted by Gasteiger charge is -2.46. The molecule has 0 radical (unpaired) electrons. The predicted octanol–water partition coefficient (Wildman–Crippen LogP) is 5.10. The molecular weight excluding hydrogens is 404 g/mol. The van der Waals surface area contributed by atoms with Crippen LogP contribution >= 0.6 is 15.9 Å². The van der Waals surface area contributed by atoms with Crippen molar-refractivity contribution in [3.8, 4) is 0 Å². The number of benzene rings is 1. The molecule has 0 atom stereocenters. The van der Waals surface area contributed by atoms with Crippen LogP contribution in [0.25, 0.3) is 0 Å². The highest BCUT2D eigenvalue weighted by molar-refractivity contribution is 9.10. The van der Waals surface area contributed by atoms with Crippen molar-refractivity contribution < 1.29 is 9.53 Å². The van der Waals surface area contributed by atoms with E-state index >= 15 is 0 Å². The summed E-state index contributed by atoms with van der Waals surface area (Å²) in [5.74, 6) is 0. The lowest BCUT2D eigenvalue weighted by atomic mass is 9.71. The SMILES string of the molecule is CC(C)(C)OC(=O)N1CCC2(CCN(CCc3ccc(Br)cc3)CC2)CC1. The van der Waals surface area contributed by atoms with Gasteiger partial charge in [-0.2, -0.15) is 0 Å². The Morgan fingerprint density at radius 2 is 1.59 bits per heavy atom. The van der Waals surface area contributed by atoms with Crippen molar-refractivity contribution in [2.75, 3.05) is 32.7 Å². The molecule has 150 valence electrons. The molecule has 2 aliphatic heterocycles. The molecule has 0 aliphatic carbocycles. The maximum Gasteiger partial charge on any atom is 0.410 e. The summed E-state index contributed by atoms with van der Waals surface area (Å²) in [6, 6.07) is 8.67. The first-order valence-corrected chi connectivity index (χ1v) is 11.0. The molecule has 1 aromatic carbocycles. The third kappa shape index (κ3) is 5.95. The maximum absolute atomic E-state index is 12.3. The standard InChI is InChI=1S/C22H33BrN2O2/c1-21(2,3)27-20(26)25-16-11-22(12-17-25)9-14-24(15-10-22)13-8-18-4-6-19(23)7-5-18/h4-7H,8-17H2,1-3H3. The van der Waals surface area contributed by atoms with Gasteiger partial charge >= 0.3 is 6.09 Å². The second kappa shape index (κ2) is 8.52. The Hall–Kier alpha value is -1.07. The van der Waals surface area contributed by atoms with Crippen LogP contribution in [0.15, 0.2) is 28.7 Å². The minimum atomic E-state index is -0.410. The van der Waals surface area contributed by atoms with Crippen LogP contribution < -0.4 is 0 Å². The van der Waals surface area contributed by atoms with Gasteiger partial charge in [-0.1, -0.05) is 28.1 Å². The molecule has 2 saturated heterocycles. The van der Waals surface area contributed by atoms with Crippen molar-refractivity contribution >= 4 is 22.0 Å². The van der Waals surface area contributed by atoms with Crippen LogP contribution in [-0.2, 0) is 11.2 Å². The first-order valence-electron chi connectivity index (χ1n) is 10.2. The third-order valence-electron chi connectivity index (χ3n) is 6.02. The summed E-state index contributed by atoms with van der Waals surface area (Å²) in [5.41, 5.74) is 1.43. The summed E-state index contributed by atoms with van der Waals surface area (Å²) in [7, 11) is 0. The molecule has 2 fully saturated rings. The quantitative estimate of drug-likeness (QED) is 0.659. The van der Waals surface area contributed by atoms with Gasteiger partial charge in [0, 0.05) is 24.1 Å². The second-order valence-corrected chi connectivity index (χ2v) is 10.1. The highest BCUT2D eigenvalue weighted by atomic mass is 79.9. The van der Waals surface area contributed by atoms with E-state index < -0.39 is 5.60 Å². The molecule has 1 spiro atoms. The zero-order chi connectivity index (χ0) is 19.5. The summed E-state index contributed by atoms with van der Waals surface area (Å²) < 4.78 is 6.67. The molecule has 0 N–H and O–H groups in total. The molecule has 4 nitrogen and oxygen atoms in total. The number of piperidine rings is 2. The zero-order valence-corrected chi connectivity index (χ0v) is 18.6. The monoisotopic (exact) mass is 436 g/mol. The summed E-state index contributed by atoms with van der Waals surface area (Å²) in [5, 5.41) is 0. The third-order valence-corrected chi connectivity index (χ3v) is 6.55. The van der Waals surface area contributed by atoms with E-state index in [9.17, 15) is 4.79 Å². The zero-order valence-electron chi connectivity index (χ0n) is 17.0. The molecule has 2 aliphatic rings. The fourth-order valence-corrected chi connectivity index (χ4v) is 4.44. The molecule has 0 unspecified atom stereocenters. The fraction of sp³-hybridized carbons (Fsp3) is 0.682. The Bertz CT molecular complexity index is 621. The number of carbonyl (C=O) groups is 1. The van der Waals surface area contributed by atoms with Gasteiger partial charge in [0.15, 0.2) is 0 Å². The van der Waals surface area contributed by atoms with E-state index in [2.05, 4.69) is 45.1 Å². The number of nitrogens with zero attached hydrogens (tertiary/aromatic N) is 2. The Kier molecular flexibility index (Phi) is 6.52. The van der Waals surface area contributed by atoms with Crippen LogP contribution in [0.1, 0.15) is 52.0 Å². The summed E-state index contributed by atoms with van der Waals surface area (Å²) in [4.78, 5) is 16.8. The van der Waals surface area contributed by atoms with E-state index in [-0.39, 0.29) is 6.09 Å². The number of carbonyl (C=O) groups excluding carboxylic acids is 1. The molecule has 5 heteroatoms. The maximum atomic E-state index is 12.3. The van der Waals surface area contributed by atoms with Crippen molar-refractivity contribution in [1.29, 1.82) is 0 Å². The Morgan fingerprint density at radius 1 is 1.04 bits per heavy atom. The highest BCUT2D eigenvalue weighted by Crippen LogP contribution is 2.41.